The van der Waals surface area contributed by atoms with Crippen molar-refractivity contribution in [3.8, 4) is 0 Å². The first kappa shape index (κ1) is 17.8. The molecule has 0 spiro atoms. The molecule has 1 aromatic rings. The Morgan fingerprint density at radius 1 is 1.29 bits per heavy atom. The second kappa shape index (κ2) is 8.25. The lowest BCUT2D eigenvalue weighted by Gasteiger charge is -2.14. The number of halogens is 2. The smallest absolute Gasteiger partial charge is 0.291 e. The lowest BCUT2D eigenvalue weighted by atomic mass is 10.1. The van der Waals surface area contributed by atoms with Gasteiger partial charge in [-0.2, -0.15) is 0 Å². The number of nitrogens with zero attached hydrogens (tertiary/aromatic N) is 1. The van der Waals surface area contributed by atoms with Gasteiger partial charge >= 0.3 is 0 Å². The molecule has 0 bridgehead atoms. The van der Waals surface area contributed by atoms with Crippen molar-refractivity contribution < 1.29 is 9.53 Å². The highest BCUT2D eigenvalue weighted by Crippen LogP contribution is 2.22. The summed E-state index contributed by atoms with van der Waals surface area (Å²) in [4.78, 5) is 16.5. The first-order chi connectivity index (χ1) is 9.85. The van der Waals surface area contributed by atoms with Gasteiger partial charge in [-0.3, -0.25) is 10.1 Å². The molecular weight excluding hydrogens is 311 g/mol. The maximum Gasteiger partial charge on any atom is 0.291 e. The van der Waals surface area contributed by atoms with E-state index in [0.29, 0.717) is 28.1 Å². The van der Waals surface area contributed by atoms with E-state index in [1.54, 1.807) is 12.1 Å². The van der Waals surface area contributed by atoms with Gasteiger partial charge in [0.1, 0.15) is 0 Å². The number of hydrogen-bond acceptors (Lipinski definition) is 3. The zero-order valence-corrected chi connectivity index (χ0v) is 14.1. The Morgan fingerprint density at radius 2 is 1.95 bits per heavy atom. The summed E-state index contributed by atoms with van der Waals surface area (Å²) >= 11 is 11.7. The van der Waals surface area contributed by atoms with Crippen LogP contribution in [0.3, 0.4) is 0 Å². The third kappa shape index (κ3) is 5.56. The Hall–Kier alpha value is -1.26. The minimum absolute atomic E-state index is 0.0423. The second-order valence-corrected chi connectivity index (χ2v) is 5.75. The van der Waals surface area contributed by atoms with Crippen LogP contribution < -0.4 is 5.32 Å². The van der Waals surface area contributed by atoms with Crippen molar-refractivity contribution in [3.05, 3.63) is 33.8 Å². The molecule has 0 radical (unpaired) electrons. The highest BCUT2D eigenvalue weighted by molar-refractivity contribution is 6.42. The van der Waals surface area contributed by atoms with E-state index >= 15 is 0 Å². The normalized spacial score (nSPS) is 13.2. The summed E-state index contributed by atoms with van der Waals surface area (Å²) in [6, 6.07) is 4.94. The lowest BCUT2D eigenvalue weighted by Crippen LogP contribution is -2.34. The molecule has 116 valence electrons. The van der Waals surface area contributed by atoms with Crippen LogP contribution in [0, 0.1) is 5.92 Å². The summed E-state index contributed by atoms with van der Waals surface area (Å²) in [7, 11) is 0. The van der Waals surface area contributed by atoms with Crippen LogP contribution in [0.4, 0.5) is 0 Å². The number of ether oxygens (including phenoxy) is 1. The number of hydrogen-bond donors (Lipinski definition) is 1. The molecular formula is C15H20Cl2N2O2. The fourth-order valence-electron chi connectivity index (χ4n) is 1.38. The third-order valence-corrected chi connectivity index (χ3v) is 3.71. The summed E-state index contributed by atoms with van der Waals surface area (Å²) in [5.41, 5.74) is 0.397. The van der Waals surface area contributed by atoms with E-state index in [1.165, 1.54) is 6.07 Å². The van der Waals surface area contributed by atoms with Gasteiger partial charge in [-0.25, -0.2) is 4.99 Å². The minimum Gasteiger partial charge on any atom is -0.465 e. The van der Waals surface area contributed by atoms with E-state index in [4.69, 9.17) is 27.9 Å². The van der Waals surface area contributed by atoms with Gasteiger partial charge in [-0.05, 0) is 38.0 Å². The quantitative estimate of drug-likeness (QED) is 0.665. The van der Waals surface area contributed by atoms with Gasteiger partial charge in [0.15, 0.2) is 0 Å². The van der Waals surface area contributed by atoms with Crippen molar-refractivity contribution in [2.45, 2.75) is 33.7 Å². The Morgan fingerprint density at radius 3 is 2.48 bits per heavy atom. The van der Waals surface area contributed by atoms with Gasteiger partial charge in [0.2, 0.25) is 0 Å². The number of amidine groups is 1. The molecule has 21 heavy (non-hydrogen) atoms. The number of nitrogens with one attached hydrogen (secondary N) is 1. The van der Waals surface area contributed by atoms with Crippen molar-refractivity contribution in [1.82, 2.24) is 5.32 Å². The number of amides is 1. The van der Waals surface area contributed by atoms with Crippen molar-refractivity contribution in [2.75, 3.05) is 6.61 Å². The lowest BCUT2D eigenvalue weighted by molar-refractivity contribution is 0.0966. The van der Waals surface area contributed by atoms with E-state index < -0.39 is 0 Å². The Kier molecular flexibility index (Phi) is 6.99. The fourth-order valence-corrected chi connectivity index (χ4v) is 1.68. The monoisotopic (exact) mass is 330 g/mol. The summed E-state index contributed by atoms with van der Waals surface area (Å²) < 4.78 is 5.37. The van der Waals surface area contributed by atoms with Gasteiger partial charge < -0.3 is 4.74 Å². The first-order valence-corrected chi connectivity index (χ1v) is 7.57. The van der Waals surface area contributed by atoms with Gasteiger partial charge in [-0.1, -0.05) is 37.0 Å². The summed E-state index contributed by atoms with van der Waals surface area (Å²) in [5.74, 6) is 0.0130. The molecule has 1 N–H and O–H groups in total. The number of rotatable bonds is 4. The molecule has 0 aliphatic heterocycles. The summed E-state index contributed by atoms with van der Waals surface area (Å²) in [5, 5.41) is 3.39. The van der Waals surface area contributed by atoms with Gasteiger partial charge in [0.25, 0.3) is 11.9 Å². The van der Waals surface area contributed by atoms with Gasteiger partial charge in [0.05, 0.1) is 22.7 Å². The Bertz CT molecular complexity index is 530. The van der Waals surface area contributed by atoms with Crippen LogP contribution in [0.5, 0.6) is 0 Å². The maximum atomic E-state index is 12.2. The number of carbonyl (C=O) groups is 1. The van der Waals surface area contributed by atoms with Crippen molar-refractivity contribution >= 4 is 35.1 Å². The SMILES string of the molecule is CCOC(=N[C@@H](C)C(C)C)NC(=O)c1ccc(Cl)c(Cl)c1. The third-order valence-electron chi connectivity index (χ3n) is 2.97. The Balaban J connectivity index is 2.87. The molecule has 1 amide bonds. The minimum atomic E-state index is -0.336. The maximum absolute atomic E-state index is 12.2. The molecule has 1 atom stereocenters. The zero-order valence-electron chi connectivity index (χ0n) is 12.6. The van der Waals surface area contributed by atoms with Crippen LogP contribution in [0.15, 0.2) is 23.2 Å². The molecule has 4 nitrogen and oxygen atoms in total. The highest BCUT2D eigenvalue weighted by Gasteiger charge is 2.13. The number of carbonyl (C=O) groups excluding carboxylic acids is 1. The molecule has 0 aromatic heterocycles. The van der Waals surface area contributed by atoms with E-state index in [0.717, 1.165) is 0 Å². The predicted molar refractivity (Wildman–Crippen MR) is 87.3 cm³/mol. The van der Waals surface area contributed by atoms with E-state index in [-0.39, 0.29) is 18.0 Å². The summed E-state index contributed by atoms with van der Waals surface area (Å²) in [6.07, 6.45) is 0. The molecule has 6 heteroatoms. The molecule has 0 fully saturated rings. The van der Waals surface area contributed by atoms with Crippen LogP contribution in [0.1, 0.15) is 38.1 Å². The van der Waals surface area contributed by atoms with Crippen LogP contribution in [-0.2, 0) is 4.74 Å². The van der Waals surface area contributed by atoms with Crippen molar-refractivity contribution in [2.24, 2.45) is 10.9 Å². The van der Waals surface area contributed by atoms with Crippen LogP contribution >= 0.6 is 23.2 Å². The molecule has 1 rings (SSSR count). The average Bonchev–Trinajstić information content (AvgIpc) is 2.41. The number of benzene rings is 1. The molecule has 0 saturated carbocycles. The first-order valence-electron chi connectivity index (χ1n) is 6.82. The van der Waals surface area contributed by atoms with Crippen LogP contribution in [-0.4, -0.2) is 24.6 Å². The largest absolute Gasteiger partial charge is 0.465 e. The molecule has 0 unspecified atom stereocenters. The fraction of sp³-hybridized carbons (Fsp3) is 0.467. The van der Waals surface area contributed by atoms with Crippen LogP contribution in [0.2, 0.25) is 10.0 Å². The predicted octanol–water partition coefficient (Wildman–Crippen LogP) is 4.16. The molecule has 0 saturated heterocycles. The van der Waals surface area contributed by atoms with Gasteiger partial charge in [-0.15, -0.1) is 0 Å². The Labute approximate surface area is 135 Å². The van der Waals surface area contributed by atoms with Gasteiger partial charge in [0, 0.05) is 5.56 Å². The van der Waals surface area contributed by atoms with Crippen molar-refractivity contribution in [3.63, 3.8) is 0 Å². The molecule has 0 heterocycles. The van der Waals surface area contributed by atoms with E-state index in [9.17, 15) is 4.79 Å². The van der Waals surface area contributed by atoms with E-state index in [1.807, 2.05) is 13.8 Å². The van der Waals surface area contributed by atoms with Crippen LogP contribution in [0.25, 0.3) is 0 Å². The van der Waals surface area contributed by atoms with E-state index in [2.05, 4.69) is 24.2 Å². The molecule has 0 aliphatic carbocycles. The topological polar surface area (TPSA) is 50.7 Å². The standard InChI is InChI=1S/C15H20Cl2N2O2/c1-5-21-15(18-10(4)9(2)3)19-14(20)11-6-7-12(16)13(17)8-11/h6-10H,5H2,1-4H3,(H,18,19,20)/t10-/m0/s1. The highest BCUT2D eigenvalue weighted by atomic mass is 35.5. The summed E-state index contributed by atoms with van der Waals surface area (Å²) in [6.45, 7) is 8.33. The zero-order chi connectivity index (χ0) is 16.0. The molecule has 1 aromatic carbocycles. The van der Waals surface area contributed by atoms with Crippen molar-refractivity contribution in [1.29, 1.82) is 0 Å². The average molecular weight is 331 g/mol. The number of aliphatic imine (C=N–C) groups is 1. The molecule has 0 aliphatic rings. The second-order valence-electron chi connectivity index (χ2n) is 4.93.